The van der Waals surface area contributed by atoms with Gasteiger partial charge in [0.1, 0.15) is 28.5 Å². The van der Waals surface area contributed by atoms with Crippen LogP contribution in [-0.2, 0) is 5.41 Å². The number of benzene rings is 6. The molecule has 0 unspecified atom stereocenters. The molecule has 0 N–H and O–H groups in total. The van der Waals surface area contributed by atoms with E-state index in [9.17, 15) is 0 Å². The predicted octanol–water partition coefficient (Wildman–Crippen LogP) is 13.1. The van der Waals surface area contributed by atoms with Crippen molar-refractivity contribution in [2.75, 3.05) is 0 Å². The van der Waals surface area contributed by atoms with Crippen molar-refractivity contribution in [3.05, 3.63) is 164 Å². The quantitative estimate of drug-likeness (QED) is 0.181. The van der Waals surface area contributed by atoms with Crippen LogP contribution in [0.2, 0.25) is 0 Å². The van der Waals surface area contributed by atoms with Crippen molar-refractivity contribution < 1.29 is 9.15 Å². The van der Waals surface area contributed by atoms with Gasteiger partial charge in [0, 0.05) is 45.6 Å². The normalized spacial score (nSPS) is 12.1. The number of pyridine rings is 2. The third kappa shape index (κ3) is 5.15. The van der Waals surface area contributed by atoms with Crippen LogP contribution in [0.3, 0.4) is 0 Å². The monoisotopic (exact) mass is 685 g/mol. The average molecular weight is 686 g/mol. The van der Waals surface area contributed by atoms with Crippen LogP contribution in [0.15, 0.2) is 162 Å². The highest BCUT2D eigenvalue weighted by Gasteiger charge is 2.21. The fraction of sp³-hybridized carbons (Fsp3) is 0.0833. The number of nitrogens with zero attached hydrogens (tertiary/aromatic N) is 3. The third-order valence-electron chi connectivity index (χ3n) is 10.3. The first-order valence-corrected chi connectivity index (χ1v) is 18.0. The maximum atomic E-state index is 6.84. The van der Waals surface area contributed by atoms with Crippen molar-refractivity contribution in [2.24, 2.45) is 0 Å². The molecule has 4 heterocycles. The molecule has 5 nitrogen and oxygen atoms in total. The number of fused-ring (bicyclic) bond motifs is 8. The summed E-state index contributed by atoms with van der Waals surface area (Å²) in [5.74, 6) is 2.31. The second-order valence-corrected chi connectivity index (χ2v) is 14.7. The van der Waals surface area contributed by atoms with Gasteiger partial charge in [0.2, 0.25) is 0 Å². The highest BCUT2D eigenvalue weighted by Crippen LogP contribution is 2.45. The molecular formula is C48H35N3O2. The van der Waals surface area contributed by atoms with E-state index in [-0.39, 0.29) is 5.41 Å². The zero-order valence-electron chi connectivity index (χ0n) is 29.7. The highest BCUT2D eigenvalue weighted by molar-refractivity contribution is 6.23. The van der Waals surface area contributed by atoms with Gasteiger partial charge in [-0.3, -0.25) is 9.55 Å². The molecule has 0 atom stereocenters. The van der Waals surface area contributed by atoms with Gasteiger partial charge in [-0.2, -0.15) is 0 Å². The lowest BCUT2D eigenvalue weighted by Crippen LogP contribution is -2.12. The number of ether oxygens (including phenoxy) is 1. The van der Waals surface area contributed by atoms with Gasteiger partial charge in [-0.25, -0.2) is 4.98 Å². The van der Waals surface area contributed by atoms with E-state index < -0.39 is 0 Å². The molecule has 0 fully saturated rings. The SMILES string of the molecule is CC(C)(C)c1ccnc(-n2c3ccccc3c3ccc(Oc4cc(-c5ccccn5)c5oc6cc(-c7ccccc7)c7ccccc7c6c5c4)cc32)c1. The summed E-state index contributed by atoms with van der Waals surface area (Å²) < 4.78 is 15.9. The standard InChI is InChI=1S/C48H35N3O2/c1-48(2,3)31-22-24-50-45(25-31)51-42-19-10-9-16-35(42)36-21-20-32(28-43(36)51)52-33-26-39(41-18-11-12-23-49-41)47-40(27-33)46-37-17-8-7-15-34(37)38(29-44(46)53-47)30-13-5-4-6-14-30/h4-29H,1-3H3. The third-order valence-corrected chi connectivity index (χ3v) is 10.3. The largest absolute Gasteiger partial charge is 0.457 e. The van der Waals surface area contributed by atoms with E-state index >= 15 is 0 Å². The Morgan fingerprint density at radius 1 is 0.547 bits per heavy atom. The van der Waals surface area contributed by atoms with Crippen LogP contribution >= 0.6 is 0 Å². The Hall–Kier alpha value is -6.72. The zero-order valence-corrected chi connectivity index (χ0v) is 29.7. The summed E-state index contributed by atoms with van der Waals surface area (Å²) in [7, 11) is 0. The number of aromatic nitrogens is 3. The molecule has 0 aliphatic carbocycles. The van der Waals surface area contributed by atoms with Crippen LogP contribution in [0.4, 0.5) is 0 Å². The van der Waals surface area contributed by atoms with E-state index in [2.05, 4.69) is 141 Å². The molecule has 4 aromatic heterocycles. The predicted molar refractivity (Wildman–Crippen MR) is 217 cm³/mol. The summed E-state index contributed by atoms with van der Waals surface area (Å²) in [6, 6.07) is 50.5. The van der Waals surface area contributed by atoms with Crippen molar-refractivity contribution in [1.29, 1.82) is 0 Å². The number of hydrogen-bond donors (Lipinski definition) is 0. The van der Waals surface area contributed by atoms with E-state index in [1.165, 1.54) is 16.3 Å². The fourth-order valence-corrected chi connectivity index (χ4v) is 7.75. The summed E-state index contributed by atoms with van der Waals surface area (Å²) in [5, 5.41) is 6.64. The van der Waals surface area contributed by atoms with E-state index in [4.69, 9.17) is 19.1 Å². The first kappa shape index (κ1) is 31.1. The lowest BCUT2D eigenvalue weighted by Gasteiger charge is -2.20. The van der Waals surface area contributed by atoms with Gasteiger partial charge in [-0.1, -0.05) is 99.6 Å². The van der Waals surface area contributed by atoms with Crippen molar-refractivity contribution in [2.45, 2.75) is 26.2 Å². The van der Waals surface area contributed by atoms with E-state index in [0.29, 0.717) is 5.75 Å². The zero-order chi connectivity index (χ0) is 35.7. The van der Waals surface area contributed by atoms with Crippen LogP contribution in [0.1, 0.15) is 26.3 Å². The number of para-hydroxylation sites is 1. The maximum Gasteiger partial charge on any atom is 0.145 e. The van der Waals surface area contributed by atoms with Gasteiger partial charge in [0.15, 0.2) is 0 Å². The van der Waals surface area contributed by atoms with Crippen molar-refractivity contribution in [3.63, 3.8) is 0 Å². The van der Waals surface area contributed by atoms with Crippen LogP contribution in [0, 0.1) is 0 Å². The molecule has 0 radical (unpaired) electrons. The van der Waals surface area contributed by atoms with Gasteiger partial charge in [0.05, 0.1) is 16.7 Å². The summed E-state index contributed by atoms with van der Waals surface area (Å²) in [6.07, 6.45) is 3.72. The molecule has 10 rings (SSSR count). The molecule has 0 bridgehead atoms. The topological polar surface area (TPSA) is 53.1 Å². The minimum atomic E-state index is -0.0135. The molecule has 254 valence electrons. The smallest absolute Gasteiger partial charge is 0.145 e. The first-order valence-electron chi connectivity index (χ1n) is 18.0. The van der Waals surface area contributed by atoms with E-state index in [1.54, 1.807) is 0 Å². The molecule has 0 saturated heterocycles. The van der Waals surface area contributed by atoms with Gasteiger partial charge in [0.25, 0.3) is 0 Å². The molecule has 0 spiro atoms. The summed E-state index contributed by atoms with van der Waals surface area (Å²) in [4.78, 5) is 9.62. The van der Waals surface area contributed by atoms with E-state index in [0.717, 1.165) is 77.7 Å². The van der Waals surface area contributed by atoms with Crippen LogP contribution in [0.5, 0.6) is 11.5 Å². The Labute approximate surface area is 306 Å². The first-order chi connectivity index (χ1) is 25.9. The number of rotatable bonds is 5. The molecule has 0 aliphatic rings. The van der Waals surface area contributed by atoms with E-state index in [1.807, 2.05) is 42.7 Å². The van der Waals surface area contributed by atoms with Crippen LogP contribution in [0.25, 0.3) is 82.7 Å². The molecule has 53 heavy (non-hydrogen) atoms. The maximum absolute atomic E-state index is 6.84. The highest BCUT2D eigenvalue weighted by atomic mass is 16.5. The van der Waals surface area contributed by atoms with Crippen molar-refractivity contribution >= 4 is 54.5 Å². The molecule has 0 amide bonds. The Morgan fingerprint density at radius 3 is 2.11 bits per heavy atom. The van der Waals surface area contributed by atoms with Gasteiger partial charge < -0.3 is 9.15 Å². The fourth-order valence-electron chi connectivity index (χ4n) is 7.75. The molecular weight excluding hydrogens is 651 g/mol. The minimum Gasteiger partial charge on any atom is -0.457 e. The van der Waals surface area contributed by atoms with Crippen molar-refractivity contribution in [3.8, 4) is 39.7 Å². The Balaban J connectivity index is 1.18. The van der Waals surface area contributed by atoms with Crippen LogP contribution < -0.4 is 4.74 Å². The van der Waals surface area contributed by atoms with Gasteiger partial charge in [-0.15, -0.1) is 0 Å². The molecule has 0 aliphatic heterocycles. The second kappa shape index (κ2) is 11.9. The lowest BCUT2D eigenvalue weighted by molar-refractivity contribution is 0.484. The average Bonchev–Trinajstić information content (AvgIpc) is 3.73. The summed E-state index contributed by atoms with van der Waals surface area (Å²) in [6.45, 7) is 6.69. The molecule has 10 aromatic rings. The number of furan rings is 1. The second-order valence-electron chi connectivity index (χ2n) is 14.7. The minimum absolute atomic E-state index is 0.0135. The Morgan fingerprint density at radius 2 is 1.30 bits per heavy atom. The molecule has 5 heteroatoms. The Kier molecular flexibility index (Phi) is 6.99. The van der Waals surface area contributed by atoms with Gasteiger partial charge in [-0.05, 0) is 93.5 Å². The number of hydrogen-bond acceptors (Lipinski definition) is 4. The summed E-state index contributed by atoms with van der Waals surface area (Å²) in [5.41, 5.74) is 8.91. The lowest BCUT2D eigenvalue weighted by atomic mass is 9.88. The van der Waals surface area contributed by atoms with Crippen molar-refractivity contribution in [1.82, 2.24) is 14.5 Å². The molecule has 0 saturated carbocycles. The van der Waals surface area contributed by atoms with Gasteiger partial charge >= 0.3 is 0 Å². The summed E-state index contributed by atoms with van der Waals surface area (Å²) >= 11 is 0. The Bertz CT molecular complexity index is 3010. The van der Waals surface area contributed by atoms with Crippen LogP contribution in [-0.4, -0.2) is 14.5 Å². The molecule has 6 aromatic carbocycles.